The van der Waals surface area contributed by atoms with Gasteiger partial charge in [0.15, 0.2) is 0 Å². The molecule has 0 aliphatic carbocycles. The topological polar surface area (TPSA) is 173 Å². The summed E-state index contributed by atoms with van der Waals surface area (Å²) in [6.45, 7) is 1.14. The molecule has 1 aromatic heterocycles. The Morgan fingerprint density at radius 3 is 2.32 bits per heavy atom. The van der Waals surface area contributed by atoms with Crippen LogP contribution in [0.3, 0.4) is 0 Å². The summed E-state index contributed by atoms with van der Waals surface area (Å²) >= 11 is 0. The quantitative estimate of drug-likeness (QED) is 0.312. The van der Waals surface area contributed by atoms with E-state index in [2.05, 4.69) is 10.3 Å². The molecule has 0 spiro atoms. The number of pyridine rings is 1. The Kier molecular flexibility index (Phi) is 9.81. The summed E-state index contributed by atoms with van der Waals surface area (Å²) in [5, 5.41) is 11.6. The summed E-state index contributed by atoms with van der Waals surface area (Å²) in [7, 11) is -1.31. The van der Waals surface area contributed by atoms with Crippen molar-refractivity contribution in [2.24, 2.45) is 0 Å². The second-order valence-corrected chi connectivity index (χ2v) is 10.5. The molecule has 0 radical (unpaired) electrons. The number of rotatable bonds is 10. The molecule has 1 aromatic carbocycles. The molecule has 2 aromatic rings. The third kappa shape index (κ3) is 7.99. The molecule has 13 nitrogen and oxygen atoms in total. The van der Waals surface area contributed by atoms with Gasteiger partial charge < -0.3 is 39.6 Å². The zero-order chi connectivity index (χ0) is 27.9. The number of carbonyl (C=O) groups excluding carboxylic acids is 2. The molecule has 1 aliphatic rings. The highest BCUT2D eigenvalue weighted by Crippen LogP contribution is 2.35. The van der Waals surface area contributed by atoms with E-state index in [0.717, 1.165) is 10.5 Å². The molecule has 0 unspecified atom stereocenters. The number of piperazine rings is 1. The van der Waals surface area contributed by atoms with E-state index < -0.39 is 37.7 Å². The van der Waals surface area contributed by atoms with Gasteiger partial charge in [-0.1, -0.05) is 30.3 Å². The molecule has 38 heavy (non-hydrogen) atoms. The number of nitrogens with one attached hydrogen (secondary N) is 1. The zero-order valence-electron chi connectivity index (χ0n) is 21.2. The third-order valence-electron chi connectivity index (χ3n) is 6.07. The molecule has 1 fully saturated rings. The lowest BCUT2D eigenvalue weighted by molar-refractivity contribution is -0.134. The van der Waals surface area contributed by atoms with Crippen molar-refractivity contribution in [3.63, 3.8) is 0 Å². The summed E-state index contributed by atoms with van der Waals surface area (Å²) in [4.78, 5) is 65.6. The molecule has 2 heterocycles. The maximum Gasteiger partial charge on any atom is 0.407 e. The van der Waals surface area contributed by atoms with Gasteiger partial charge in [0.2, 0.25) is 5.91 Å². The minimum absolute atomic E-state index is 0.0366. The van der Waals surface area contributed by atoms with Crippen LogP contribution in [0.5, 0.6) is 0 Å². The van der Waals surface area contributed by atoms with E-state index in [1.165, 1.54) is 11.0 Å². The van der Waals surface area contributed by atoms with Gasteiger partial charge in [0.05, 0.1) is 18.5 Å². The standard InChI is InChI=1S/C24H32N5O8P/c1-27(12-13-37-2)18-14-19(17-6-4-3-5-7-17)25-20(15-18)22(30)26-21(16-38(34,35)36)23(31)28-8-10-29(11-9-28)24(32)33/h3-7,14-15,21H,8-13,16H2,1-2H3,(H,26,30)(H,32,33)(H2,34,35,36)/t21-/m0/s1. The molecule has 0 bridgehead atoms. The van der Waals surface area contributed by atoms with Gasteiger partial charge in [0, 0.05) is 58.1 Å². The first-order chi connectivity index (χ1) is 18.0. The second-order valence-electron chi connectivity index (χ2n) is 8.84. The van der Waals surface area contributed by atoms with Crippen LogP contribution >= 0.6 is 7.60 Å². The maximum absolute atomic E-state index is 13.3. The molecule has 1 saturated heterocycles. The summed E-state index contributed by atoms with van der Waals surface area (Å²) in [5.41, 5.74) is 1.87. The highest BCUT2D eigenvalue weighted by molar-refractivity contribution is 7.51. The lowest BCUT2D eigenvalue weighted by Gasteiger charge is -2.35. The lowest BCUT2D eigenvalue weighted by atomic mass is 10.1. The Morgan fingerprint density at radius 1 is 1.11 bits per heavy atom. The highest BCUT2D eigenvalue weighted by Gasteiger charge is 2.34. The van der Waals surface area contributed by atoms with E-state index in [9.17, 15) is 28.7 Å². The number of hydrogen-bond acceptors (Lipinski definition) is 7. The molecule has 1 atom stereocenters. The van der Waals surface area contributed by atoms with Crippen molar-refractivity contribution >= 4 is 31.2 Å². The molecule has 14 heteroatoms. The van der Waals surface area contributed by atoms with Crippen LogP contribution in [0, 0.1) is 0 Å². The van der Waals surface area contributed by atoms with Crippen molar-refractivity contribution in [1.29, 1.82) is 0 Å². The Hall–Kier alpha value is -3.51. The van der Waals surface area contributed by atoms with Crippen LogP contribution in [0.15, 0.2) is 42.5 Å². The van der Waals surface area contributed by atoms with E-state index in [-0.39, 0.29) is 31.9 Å². The number of nitrogens with zero attached hydrogens (tertiary/aromatic N) is 4. The molecule has 206 valence electrons. The smallest absolute Gasteiger partial charge is 0.407 e. The lowest BCUT2D eigenvalue weighted by Crippen LogP contribution is -2.56. The summed E-state index contributed by atoms with van der Waals surface area (Å²) in [5.74, 6) is -1.48. The number of ether oxygens (including phenoxy) is 1. The Labute approximate surface area is 220 Å². The van der Waals surface area contributed by atoms with Crippen LogP contribution in [0.4, 0.5) is 10.5 Å². The van der Waals surface area contributed by atoms with Crippen LogP contribution in [0.25, 0.3) is 11.3 Å². The largest absolute Gasteiger partial charge is 0.465 e. The van der Waals surface area contributed by atoms with Gasteiger partial charge >= 0.3 is 13.7 Å². The van der Waals surface area contributed by atoms with Crippen LogP contribution in [0.2, 0.25) is 0 Å². The number of likely N-dealkylation sites (N-methyl/N-ethyl adjacent to an activating group) is 1. The highest BCUT2D eigenvalue weighted by atomic mass is 31.2. The van der Waals surface area contributed by atoms with Gasteiger partial charge in [0.1, 0.15) is 11.7 Å². The number of benzene rings is 1. The number of hydrogen-bond donors (Lipinski definition) is 4. The van der Waals surface area contributed by atoms with Gasteiger partial charge in [-0.25, -0.2) is 9.78 Å². The van der Waals surface area contributed by atoms with Crippen LogP contribution in [-0.2, 0) is 14.1 Å². The summed E-state index contributed by atoms with van der Waals surface area (Å²) in [6.07, 6.45) is -2.02. The monoisotopic (exact) mass is 549 g/mol. The average Bonchev–Trinajstić information content (AvgIpc) is 2.90. The Balaban J connectivity index is 1.88. The van der Waals surface area contributed by atoms with E-state index in [0.29, 0.717) is 24.5 Å². The molecular formula is C24H32N5O8P. The van der Waals surface area contributed by atoms with Crippen molar-refractivity contribution in [3.05, 3.63) is 48.2 Å². The number of carbonyl (C=O) groups is 3. The zero-order valence-corrected chi connectivity index (χ0v) is 22.1. The van der Waals surface area contributed by atoms with Crippen molar-refractivity contribution in [2.75, 3.05) is 64.5 Å². The van der Waals surface area contributed by atoms with Crippen LogP contribution in [-0.4, -0.2) is 113 Å². The Bertz CT molecular complexity index is 1180. The summed E-state index contributed by atoms with van der Waals surface area (Å²) in [6, 6.07) is 11.0. The van der Waals surface area contributed by atoms with Crippen molar-refractivity contribution in [1.82, 2.24) is 20.1 Å². The van der Waals surface area contributed by atoms with Crippen LogP contribution in [0.1, 0.15) is 10.5 Å². The van der Waals surface area contributed by atoms with E-state index in [1.54, 1.807) is 7.11 Å². The number of methoxy groups -OCH3 is 1. The van der Waals surface area contributed by atoms with Crippen molar-refractivity contribution in [2.45, 2.75) is 6.04 Å². The van der Waals surface area contributed by atoms with E-state index in [1.807, 2.05) is 48.3 Å². The fraction of sp³-hybridized carbons (Fsp3) is 0.417. The van der Waals surface area contributed by atoms with Gasteiger partial charge in [-0.2, -0.15) is 0 Å². The third-order valence-corrected chi connectivity index (χ3v) is 6.91. The number of anilines is 1. The van der Waals surface area contributed by atoms with Crippen molar-refractivity contribution in [3.8, 4) is 11.3 Å². The van der Waals surface area contributed by atoms with E-state index >= 15 is 0 Å². The van der Waals surface area contributed by atoms with Gasteiger partial charge in [-0.15, -0.1) is 0 Å². The molecule has 3 amide bonds. The SMILES string of the molecule is COCCN(C)c1cc(C(=O)N[C@@H](CP(=O)(O)O)C(=O)N2CCN(C(=O)O)CC2)nc(-c2ccccc2)c1. The second kappa shape index (κ2) is 12.8. The summed E-state index contributed by atoms with van der Waals surface area (Å²) < 4.78 is 17.0. The minimum Gasteiger partial charge on any atom is -0.465 e. The first kappa shape index (κ1) is 29.1. The molecule has 4 N–H and O–H groups in total. The molecule has 3 rings (SSSR count). The predicted molar refractivity (Wildman–Crippen MR) is 139 cm³/mol. The average molecular weight is 550 g/mol. The van der Waals surface area contributed by atoms with Crippen LogP contribution < -0.4 is 10.2 Å². The van der Waals surface area contributed by atoms with Gasteiger partial charge in [-0.05, 0) is 12.1 Å². The van der Waals surface area contributed by atoms with E-state index in [4.69, 9.17) is 9.84 Å². The number of amides is 3. The molecule has 0 saturated carbocycles. The van der Waals surface area contributed by atoms with Gasteiger partial charge in [0.25, 0.3) is 5.91 Å². The first-order valence-electron chi connectivity index (χ1n) is 11.9. The fourth-order valence-corrected chi connectivity index (χ4v) is 4.68. The normalized spacial score (nSPS) is 14.6. The minimum atomic E-state index is -4.71. The Morgan fingerprint density at radius 2 is 1.74 bits per heavy atom. The predicted octanol–water partition coefficient (Wildman–Crippen LogP) is 0.930. The molecular weight excluding hydrogens is 517 g/mol. The molecule has 1 aliphatic heterocycles. The maximum atomic E-state index is 13.3. The number of aromatic nitrogens is 1. The first-order valence-corrected chi connectivity index (χ1v) is 13.7. The van der Waals surface area contributed by atoms with Gasteiger partial charge in [-0.3, -0.25) is 14.2 Å². The van der Waals surface area contributed by atoms with Crippen molar-refractivity contribution < 1.29 is 38.6 Å². The number of carboxylic acid groups (broad SMARTS) is 1. The fourth-order valence-electron chi connectivity index (χ4n) is 3.96.